The highest BCUT2D eigenvalue weighted by Crippen LogP contribution is 2.23. The molecule has 0 atom stereocenters. The number of ether oxygens (including phenoxy) is 1. The fourth-order valence-corrected chi connectivity index (χ4v) is 2.57. The van der Waals surface area contributed by atoms with Crippen LogP contribution in [0.3, 0.4) is 0 Å². The van der Waals surface area contributed by atoms with Crippen molar-refractivity contribution in [3.8, 4) is 5.75 Å². The molecule has 0 saturated heterocycles. The maximum Gasteiger partial charge on any atom is 0.140 e. The molecule has 0 radical (unpaired) electrons. The summed E-state index contributed by atoms with van der Waals surface area (Å²) in [5.74, 6) is 1.27. The van der Waals surface area contributed by atoms with Crippen molar-refractivity contribution in [2.24, 2.45) is 0 Å². The maximum atomic E-state index is 8.08. The van der Waals surface area contributed by atoms with Crippen LogP contribution >= 0.6 is 11.3 Å². The fraction of sp³-hybridized carbons (Fsp3) is 0.312. The van der Waals surface area contributed by atoms with E-state index in [1.165, 1.54) is 0 Å². The average molecular weight is 303 g/mol. The van der Waals surface area contributed by atoms with Crippen LogP contribution in [-0.4, -0.2) is 19.0 Å². The highest BCUT2D eigenvalue weighted by Gasteiger charge is 2.08. The summed E-state index contributed by atoms with van der Waals surface area (Å²) in [5, 5.41) is 16.6. The number of hydrogen-bond donors (Lipinski definition) is 3. The van der Waals surface area contributed by atoms with Gasteiger partial charge in [0.15, 0.2) is 0 Å². The van der Waals surface area contributed by atoms with Gasteiger partial charge >= 0.3 is 0 Å². The van der Waals surface area contributed by atoms with Gasteiger partial charge in [0.25, 0.3) is 0 Å². The third-order valence-corrected chi connectivity index (χ3v) is 3.91. The molecule has 1 aromatic heterocycles. The largest absolute Gasteiger partial charge is 0.496 e. The van der Waals surface area contributed by atoms with Gasteiger partial charge in [-0.05, 0) is 29.6 Å². The van der Waals surface area contributed by atoms with Gasteiger partial charge in [-0.1, -0.05) is 19.9 Å². The normalized spacial score (nSPS) is 10.7. The van der Waals surface area contributed by atoms with Crippen LogP contribution in [0.2, 0.25) is 0 Å². The molecule has 0 amide bonds. The Balaban J connectivity index is 2.13. The molecule has 0 fully saturated rings. The number of methoxy groups -OCH3 is 1. The molecule has 0 aliphatic rings. The van der Waals surface area contributed by atoms with Gasteiger partial charge in [0, 0.05) is 23.8 Å². The van der Waals surface area contributed by atoms with Crippen molar-refractivity contribution in [2.45, 2.75) is 26.4 Å². The summed E-state index contributed by atoms with van der Waals surface area (Å²) >= 11 is 1.55. The molecule has 1 heterocycles. The molecule has 2 aromatic rings. The predicted octanol–water partition coefficient (Wildman–Crippen LogP) is 3.69. The van der Waals surface area contributed by atoms with E-state index in [1.807, 2.05) is 35.7 Å². The van der Waals surface area contributed by atoms with E-state index in [-0.39, 0.29) is 0 Å². The minimum Gasteiger partial charge on any atom is -0.496 e. The Hall–Kier alpha value is -1.85. The summed E-state index contributed by atoms with van der Waals surface area (Å²) in [5.41, 5.74) is 1.98. The highest BCUT2D eigenvalue weighted by molar-refractivity contribution is 7.12. The van der Waals surface area contributed by atoms with Gasteiger partial charge in [-0.25, -0.2) is 0 Å². The van der Waals surface area contributed by atoms with Crippen LogP contribution < -0.4 is 15.4 Å². The summed E-state index contributed by atoms with van der Waals surface area (Å²) < 4.78 is 5.39. The minimum atomic E-state index is 0.413. The molecule has 4 nitrogen and oxygen atoms in total. The zero-order valence-electron chi connectivity index (χ0n) is 12.6. The van der Waals surface area contributed by atoms with Gasteiger partial charge < -0.3 is 15.4 Å². The molecule has 0 saturated carbocycles. The Morgan fingerprint density at radius 2 is 2.14 bits per heavy atom. The van der Waals surface area contributed by atoms with E-state index in [2.05, 4.69) is 24.5 Å². The Bertz CT molecular complexity index is 594. The first-order valence-corrected chi connectivity index (χ1v) is 7.78. The number of nitrogens with one attached hydrogen (secondary N) is 3. The molecule has 112 valence electrons. The highest BCUT2D eigenvalue weighted by atomic mass is 32.1. The molecule has 5 heteroatoms. The fourth-order valence-electron chi connectivity index (χ4n) is 1.94. The van der Waals surface area contributed by atoms with E-state index >= 15 is 0 Å². The molecular weight excluding hydrogens is 282 g/mol. The summed E-state index contributed by atoms with van der Waals surface area (Å²) in [4.78, 5) is 0.924. The van der Waals surface area contributed by atoms with Gasteiger partial charge in [-0.2, -0.15) is 0 Å². The lowest BCUT2D eigenvalue weighted by atomic mass is 10.1. The van der Waals surface area contributed by atoms with Crippen LogP contribution in [-0.2, 0) is 6.54 Å². The first-order valence-electron chi connectivity index (χ1n) is 6.90. The van der Waals surface area contributed by atoms with Gasteiger partial charge in [0.2, 0.25) is 0 Å². The summed E-state index contributed by atoms with van der Waals surface area (Å²) in [6.45, 7) is 4.96. The van der Waals surface area contributed by atoms with Crippen LogP contribution in [0, 0.1) is 5.41 Å². The van der Waals surface area contributed by atoms with E-state index in [4.69, 9.17) is 10.1 Å². The topological polar surface area (TPSA) is 57.1 Å². The molecule has 0 unspecified atom stereocenters. The van der Waals surface area contributed by atoms with E-state index < -0.39 is 0 Å². The Kier molecular flexibility index (Phi) is 5.36. The zero-order valence-corrected chi connectivity index (χ0v) is 13.4. The van der Waals surface area contributed by atoms with Crippen LogP contribution in [0.4, 0.5) is 5.69 Å². The van der Waals surface area contributed by atoms with Gasteiger partial charge in [0.1, 0.15) is 11.6 Å². The van der Waals surface area contributed by atoms with E-state index in [0.717, 1.165) is 28.4 Å². The Labute approximate surface area is 129 Å². The third kappa shape index (κ3) is 4.31. The van der Waals surface area contributed by atoms with E-state index in [1.54, 1.807) is 18.4 Å². The van der Waals surface area contributed by atoms with E-state index in [0.29, 0.717) is 11.9 Å². The smallest absolute Gasteiger partial charge is 0.140 e. The van der Waals surface area contributed by atoms with E-state index in [9.17, 15) is 0 Å². The molecule has 2 rings (SSSR count). The number of anilines is 1. The van der Waals surface area contributed by atoms with Crippen LogP contribution in [0.15, 0.2) is 35.7 Å². The zero-order chi connectivity index (χ0) is 15.2. The number of amidine groups is 1. The van der Waals surface area contributed by atoms with Gasteiger partial charge in [-0.3, -0.25) is 5.41 Å². The van der Waals surface area contributed by atoms with Crippen LogP contribution in [0.5, 0.6) is 5.75 Å². The molecular formula is C16H21N3OS. The summed E-state index contributed by atoms with van der Waals surface area (Å²) in [6.07, 6.45) is 0. The van der Waals surface area contributed by atoms with Crippen molar-refractivity contribution in [3.05, 3.63) is 46.2 Å². The molecule has 3 N–H and O–H groups in total. The average Bonchev–Trinajstić information content (AvgIpc) is 2.99. The Morgan fingerprint density at radius 3 is 2.76 bits per heavy atom. The molecule has 0 aliphatic heterocycles. The van der Waals surface area contributed by atoms with Gasteiger partial charge in [-0.15, -0.1) is 11.3 Å². The SMILES string of the molecule is COc1ccc(NC(=N)c2cccs2)cc1CNC(C)C. The summed E-state index contributed by atoms with van der Waals surface area (Å²) in [6, 6.07) is 10.2. The lowest BCUT2D eigenvalue weighted by molar-refractivity contribution is 0.406. The molecule has 0 spiro atoms. The number of benzene rings is 1. The number of hydrogen-bond acceptors (Lipinski definition) is 4. The minimum absolute atomic E-state index is 0.413. The van der Waals surface area contributed by atoms with Crippen molar-refractivity contribution in [2.75, 3.05) is 12.4 Å². The monoisotopic (exact) mass is 303 g/mol. The number of thiophene rings is 1. The van der Waals surface area contributed by atoms with Crippen LogP contribution in [0.25, 0.3) is 0 Å². The second-order valence-electron chi connectivity index (χ2n) is 5.04. The molecule has 21 heavy (non-hydrogen) atoms. The standard InChI is InChI=1S/C16H21N3OS/c1-11(2)18-10-12-9-13(6-7-14(12)20-3)19-16(17)15-5-4-8-21-15/h4-9,11,18H,10H2,1-3H3,(H2,17,19). The lowest BCUT2D eigenvalue weighted by Gasteiger charge is -2.14. The van der Waals surface area contributed by atoms with Crippen LogP contribution in [0.1, 0.15) is 24.3 Å². The lowest BCUT2D eigenvalue weighted by Crippen LogP contribution is -2.22. The molecule has 0 bridgehead atoms. The van der Waals surface area contributed by atoms with Crippen molar-refractivity contribution in [1.82, 2.24) is 5.32 Å². The quantitative estimate of drug-likeness (QED) is 0.563. The van der Waals surface area contributed by atoms with Crippen molar-refractivity contribution in [1.29, 1.82) is 5.41 Å². The van der Waals surface area contributed by atoms with Crippen molar-refractivity contribution < 1.29 is 4.74 Å². The first kappa shape index (κ1) is 15.5. The molecule has 1 aromatic carbocycles. The maximum absolute atomic E-state index is 8.08. The van der Waals surface area contributed by atoms with Crippen molar-refractivity contribution >= 4 is 22.9 Å². The van der Waals surface area contributed by atoms with Gasteiger partial charge in [0.05, 0.1) is 12.0 Å². The third-order valence-electron chi connectivity index (χ3n) is 3.02. The summed E-state index contributed by atoms with van der Waals surface area (Å²) in [7, 11) is 1.68. The van der Waals surface area contributed by atoms with Crippen molar-refractivity contribution in [3.63, 3.8) is 0 Å². The second-order valence-corrected chi connectivity index (χ2v) is 5.99. The first-order chi connectivity index (χ1) is 10.1. The second kappa shape index (κ2) is 7.24. The Morgan fingerprint density at radius 1 is 1.33 bits per heavy atom. The molecule has 0 aliphatic carbocycles. The predicted molar refractivity (Wildman–Crippen MR) is 89.7 cm³/mol. The number of rotatable bonds is 6.